The number of nitrogens with zero attached hydrogens (tertiary/aromatic N) is 4. The Morgan fingerprint density at radius 1 is 1.20 bits per heavy atom. The van der Waals surface area contributed by atoms with Gasteiger partial charge < -0.3 is 14.4 Å². The standard InChI is InChI=1S/C19H17ClF4N4O2/c1-18(2,29)12-7-25-17(20)27-16(12)30-9-10-4-5-11(13(21)6-10)15-26-14(8-28(15)3)19(22,23)24/h4-8,29H,9H2,1-3H3. The summed E-state index contributed by atoms with van der Waals surface area (Å²) in [5.74, 6) is -0.882. The summed E-state index contributed by atoms with van der Waals surface area (Å²) in [6.45, 7) is 2.91. The summed E-state index contributed by atoms with van der Waals surface area (Å²) >= 11 is 5.78. The van der Waals surface area contributed by atoms with Gasteiger partial charge in [0.05, 0.1) is 16.7 Å². The van der Waals surface area contributed by atoms with E-state index in [9.17, 15) is 22.7 Å². The molecule has 0 saturated carbocycles. The van der Waals surface area contributed by atoms with Crippen molar-refractivity contribution in [3.05, 3.63) is 58.5 Å². The van der Waals surface area contributed by atoms with Crippen molar-refractivity contribution < 1.29 is 27.4 Å². The van der Waals surface area contributed by atoms with Gasteiger partial charge in [-0.05, 0) is 43.1 Å². The fourth-order valence-electron chi connectivity index (χ4n) is 2.71. The summed E-state index contributed by atoms with van der Waals surface area (Å²) in [5.41, 5.74) is -1.82. The molecule has 0 aliphatic rings. The summed E-state index contributed by atoms with van der Waals surface area (Å²) in [5, 5.41) is 10.1. The van der Waals surface area contributed by atoms with E-state index in [4.69, 9.17) is 16.3 Å². The van der Waals surface area contributed by atoms with Gasteiger partial charge >= 0.3 is 6.18 Å². The molecule has 0 spiro atoms. The van der Waals surface area contributed by atoms with Gasteiger partial charge in [-0.2, -0.15) is 18.2 Å². The Kier molecular flexibility index (Phi) is 5.74. The van der Waals surface area contributed by atoms with E-state index in [0.717, 1.165) is 16.8 Å². The number of alkyl halides is 3. The molecule has 0 aliphatic carbocycles. The van der Waals surface area contributed by atoms with Crippen LogP contribution in [0.1, 0.15) is 30.7 Å². The van der Waals surface area contributed by atoms with Crippen LogP contribution in [0, 0.1) is 5.82 Å². The molecule has 3 aromatic rings. The normalized spacial score (nSPS) is 12.3. The smallest absolute Gasteiger partial charge is 0.434 e. The first-order valence-electron chi connectivity index (χ1n) is 8.64. The van der Waals surface area contributed by atoms with Crippen molar-refractivity contribution in [3.63, 3.8) is 0 Å². The summed E-state index contributed by atoms with van der Waals surface area (Å²) < 4.78 is 59.8. The largest absolute Gasteiger partial charge is 0.472 e. The van der Waals surface area contributed by atoms with Gasteiger partial charge in [0.1, 0.15) is 18.2 Å². The third-order valence-electron chi connectivity index (χ3n) is 4.20. The summed E-state index contributed by atoms with van der Waals surface area (Å²) in [6, 6.07) is 3.94. The molecule has 3 rings (SSSR count). The van der Waals surface area contributed by atoms with Crippen molar-refractivity contribution in [2.45, 2.75) is 32.2 Å². The second kappa shape index (κ2) is 7.84. The molecule has 0 atom stereocenters. The first-order valence-corrected chi connectivity index (χ1v) is 9.01. The predicted octanol–water partition coefficient (Wildman–Crippen LogP) is 4.49. The monoisotopic (exact) mass is 444 g/mol. The first kappa shape index (κ1) is 22.0. The molecule has 0 fully saturated rings. The number of aliphatic hydroxyl groups is 1. The highest BCUT2D eigenvalue weighted by Gasteiger charge is 2.34. The van der Waals surface area contributed by atoms with Crippen LogP contribution in [0.25, 0.3) is 11.4 Å². The zero-order chi connectivity index (χ0) is 22.3. The van der Waals surface area contributed by atoms with Gasteiger partial charge in [0.15, 0.2) is 5.69 Å². The molecule has 0 aliphatic heterocycles. The van der Waals surface area contributed by atoms with E-state index < -0.39 is 23.3 Å². The Hall–Kier alpha value is -2.72. The van der Waals surface area contributed by atoms with Crippen LogP contribution >= 0.6 is 11.6 Å². The van der Waals surface area contributed by atoms with Crippen molar-refractivity contribution in [2.24, 2.45) is 7.05 Å². The number of benzene rings is 1. The van der Waals surface area contributed by atoms with Crippen molar-refractivity contribution in [1.29, 1.82) is 0 Å². The first-order chi connectivity index (χ1) is 13.9. The van der Waals surface area contributed by atoms with Crippen LogP contribution < -0.4 is 4.74 Å². The third kappa shape index (κ3) is 4.71. The molecule has 30 heavy (non-hydrogen) atoms. The van der Waals surface area contributed by atoms with E-state index in [1.165, 1.54) is 39.2 Å². The van der Waals surface area contributed by atoms with Gasteiger partial charge in [-0.25, -0.2) is 14.4 Å². The molecule has 2 heterocycles. The lowest BCUT2D eigenvalue weighted by Crippen LogP contribution is -2.18. The highest BCUT2D eigenvalue weighted by molar-refractivity contribution is 6.28. The Morgan fingerprint density at radius 2 is 1.90 bits per heavy atom. The molecular formula is C19H17ClF4N4O2. The van der Waals surface area contributed by atoms with Gasteiger partial charge in [-0.3, -0.25) is 0 Å². The van der Waals surface area contributed by atoms with E-state index in [2.05, 4.69) is 15.0 Å². The fourth-order valence-corrected chi connectivity index (χ4v) is 2.84. The van der Waals surface area contributed by atoms with Crippen LogP contribution in [0.5, 0.6) is 5.88 Å². The van der Waals surface area contributed by atoms with Gasteiger partial charge in [0.25, 0.3) is 0 Å². The quantitative estimate of drug-likeness (QED) is 0.463. The van der Waals surface area contributed by atoms with Crippen molar-refractivity contribution in [3.8, 4) is 17.3 Å². The van der Waals surface area contributed by atoms with Crippen LogP contribution in [-0.4, -0.2) is 24.6 Å². The molecule has 1 aromatic carbocycles. The minimum Gasteiger partial charge on any atom is -0.472 e. The minimum absolute atomic E-state index is 0.0332. The van der Waals surface area contributed by atoms with Gasteiger partial charge in [-0.15, -0.1) is 0 Å². The minimum atomic E-state index is -4.63. The van der Waals surface area contributed by atoms with Gasteiger partial charge in [-0.1, -0.05) is 6.07 Å². The molecule has 11 heteroatoms. The maximum atomic E-state index is 14.6. The van der Waals surface area contributed by atoms with Gasteiger partial charge in [0, 0.05) is 19.4 Å². The third-order valence-corrected chi connectivity index (χ3v) is 4.38. The van der Waals surface area contributed by atoms with Crippen LogP contribution in [0.15, 0.2) is 30.6 Å². The SMILES string of the molecule is Cn1cc(C(F)(F)F)nc1-c1ccc(COc2nc(Cl)ncc2C(C)(C)O)cc1F. The highest BCUT2D eigenvalue weighted by Crippen LogP contribution is 2.32. The summed E-state index contributed by atoms with van der Waals surface area (Å²) in [4.78, 5) is 11.2. The average Bonchev–Trinajstić information content (AvgIpc) is 3.01. The lowest BCUT2D eigenvalue weighted by Gasteiger charge is -2.20. The zero-order valence-electron chi connectivity index (χ0n) is 16.1. The van der Waals surface area contributed by atoms with Crippen LogP contribution in [0.3, 0.4) is 0 Å². The highest BCUT2D eigenvalue weighted by atomic mass is 35.5. The number of hydrogen-bond acceptors (Lipinski definition) is 5. The van der Waals surface area contributed by atoms with Crippen LogP contribution in [0.2, 0.25) is 5.28 Å². The molecule has 0 amide bonds. The number of aryl methyl sites for hydroxylation is 1. The molecule has 0 radical (unpaired) electrons. The number of rotatable bonds is 5. The number of imidazole rings is 1. The topological polar surface area (TPSA) is 73.1 Å². The van der Waals surface area contributed by atoms with Crippen molar-refractivity contribution in [1.82, 2.24) is 19.5 Å². The lowest BCUT2D eigenvalue weighted by molar-refractivity contribution is -0.140. The fraction of sp³-hybridized carbons (Fsp3) is 0.316. The summed E-state index contributed by atoms with van der Waals surface area (Å²) in [6.07, 6.45) is -2.51. The Morgan fingerprint density at radius 3 is 2.47 bits per heavy atom. The van der Waals surface area contributed by atoms with Crippen LogP contribution in [0.4, 0.5) is 17.6 Å². The molecule has 0 bridgehead atoms. The number of aromatic nitrogens is 4. The number of ether oxygens (including phenoxy) is 1. The van der Waals surface area contributed by atoms with E-state index >= 15 is 0 Å². The Bertz CT molecular complexity index is 1080. The molecule has 2 aromatic heterocycles. The molecule has 0 unspecified atom stereocenters. The Balaban J connectivity index is 1.84. The van der Waals surface area contributed by atoms with E-state index in [1.54, 1.807) is 0 Å². The Labute approximate surface area is 174 Å². The molecule has 6 nitrogen and oxygen atoms in total. The zero-order valence-corrected chi connectivity index (χ0v) is 16.9. The predicted molar refractivity (Wildman–Crippen MR) is 100 cm³/mol. The molecule has 0 saturated heterocycles. The lowest BCUT2D eigenvalue weighted by atomic mass is 10.0. The maximum Gasteiger partial charge on any atom is 0.434 e. The molecular weight excluding hydrogens is 428 g/mol. The average molecular weight is 445 g/mol. The van der Waals surface area contributed by atoms with E-state index in [0.29, 0.717) is 5.56 Å². The number of halogens is 5. The molecule has 1 N–H and O–H groups in total. The van der Waals surface area contributed by atoms with Crippen molar-refractivity contribution >= 4 is 11.6 Å². The second-order valence-electron chi connectivity index (χ2n) is 7.08. The van der Waals surface area contributed by atoms with E-state index in [-0.39, 0.29) is 34.7 Å². The molecule has 160 valence electrons. The van der Waals surface area contributed by atoms with Gasteiger partial charge in [0.2, 0.25) is 11.2 Å². The maximum absolute atomic E-state index is 14.6. The number of hydrogen-bond donors (Lipinski definition) is 1. The van der Waals surface area contributed by atoms with Crippen LogP contribution in [-0.2, 0) is 25.4 Å². The summed E-state index contributed by atoms with van der Waals surface area (Å²) in [7, 11) is 1.35. The second-order valence-corrected chi connectivity index (χ2v) is 7.42. The van der Waals surface area contributed by atoms with Crippen molar-refractivity contribution in [2.75, 3.05) is 0 Å². The van der Waals surface area contributed by atoms with E-state index in [1.807, 2.05) is 0 Å².